The SMILES string of the molecule is Cc1noc(C)c1COc1ccc(C(=O)Nc2ccc(-c3csc(N4CCOCC4)n3)cc2)cc1. The molecule has 1 aliphatic heterocycles. The number of nitrogens with zero attached hydrogens (tertiary/aromatic N) is 3. The van der Waals surface area contributed by atoms with E-state index >= 15 is 0 Å². The fourth-order valence-electron chi connectivity index (χ4n) is 3.79. The predicted octanol–water partition coefficient (Wildman–Crippen LogP) is 5.08. The third-order valence-electron chi connectivity index (χ3n) is 5.89. The average Bonchev–Trinajstić information content (AvgIpc) is 3.51. The van der Waals surface area contributed by atoms with Gasteiger partial charge in [0.1, 0.15) is 18.1 Å². The highest BCUT2D eigenvalue weighted by Gasteiger charge is 2.15. The lowest BCUT2D eigenvalue weighted by molar-refractivity contribution is 0.102. The van der Waals surface area contributed by atoms with Crippen molar-refractivity contribution in [3.63, 3.8) is 0 Å². The van der Waals surface area contributed by atoms with Gasteiger partial charge in [0.25, 0.3) is 5.91 Å². The van der Waals surface area contributed by atoms with Gasteiger partial charge in [0.05, 0.1) is 30.2 Å². The molecule has 0 bridgehead atoms. The van der Waals surface area contributed by atoms with E-state index in [-0.39, 0.29) is 5.91 Å². The lowest BCUT2D eigenvalue weighted by Gasteiger charge is -2.26. The van der Waals surface area contributed by atoms with Gasteiger partial charge in [-0.1, -0.05) is 17.3 Å². The number of carbonyl (C=O) groups is 1. The number of thiazole rings is 1. The molecule has 0 saturated carbocycles. The summed E-state index contributed by atoms with van der Waals surface area (Å²) in [4.78, 5) is 19.7. The molecule has 3 heterocycles. The molecule has 180 valence electrons. The predicted molar refractivity (Wildman–Crippen MR) is 135 cm³/mol. The van der Waals surface area contributed by atoms with Crippen LogP contribution in [-0.2, 0) is 11.3 Å². The van der Waals surface area contributed by atoms with Gasteiger partial charge in [-0.25, -0.2) is 4.98 Å². The second-order valence-electron chi connectivity index (χ2n) is 8.26. The van der Waals surface area contributed by atoms with E-state index in [0.717, 1.165) is 65.4 Å². The Kier molecular flexibility index (Phi) is 6.78. The maximum atomic E-state index is 12.7. The van der Waals surface area contributed by atoms with E-state index in [1.807, 2.05) is 38.1 Å². The molecule has 2 aromatic heterocycles. The van der Waals surface area contributed by atoms with Gasteiger partial charge in [-0.05, 0) is 50.2 Å². The number of carbonyl (C=O) groups excluding carboxylic acids is 1. The molecule has 1 aliphatic rings. The molecule has 1 amide bonds. The third kappa shape index (κ3) is 5.36. The van der Waals surface area contributed by atoms with Crippen molar-refractivity contribution in [1.82, 2.24) is 10.1 Å². The smallest absolute Gasteiger partial charge is 0.255 e. The van der Waals surface area contributed by atoms with Crippen molar-refractivity contribution >= 4 is 28.1 Å². The van der Waals surface area contributed by atoms with Crippen LogP contribution in [0.3, 0.4) is 0 Å². The first-order valence-corrected chi connectivity index (χ1v) is 12.3. The van der Waals surface area contributed by atoms with Crippen LogP contribution >= 0.6 is 11.3 Å². The number of nitrogens with one attached hydrogen (secondary N) is 1. The van der Waals surface area contributed by atoms with Gasteiger partial charge in [0, 0.05) is 35.3 Å². The standard InChI is InChI=1S/C26H26N4O4S/c1-17-23(18(2)34-29-17)15-33-22-9-5-20(6-10-22)25(31)27-21-7-3-19(4-8-21)24-16-35-26(28-24)30-11-13-32-14-12-30/h3-10,16H,11-15H2,1-2H3,(H,27,31). The Morgan fingerprint density at radius 2 is 1.83 bits per heavy atom. The van der Waals surface area contributed by atoms with Crippen LogP contribution in [0.1, 0.15) is 27.4 Å². The first-order chi connectivity index (χ1) is 17.1. The van der Waals surface area contributed by atoms with E-state index in [1.54, 1.807) is 35.6 Å². The number of hydrogen-bond acceptors (Lipinski definition) is 8. The van der Waals surface area contributed by atoms with Crippen LogP contribution in [0.4, 0.5) is 10.8 Å². The number of anilines is 2. The van der Waals surface area contributed by atoms with E-state index in [1.165, 1.54) is 0 Å². The highest BCUT2D eigenvalue weighted by molar-refractivity contribution is 7.14. The van der Waals surface area contributed by atoms with E-state index in [4.69, 9.17) is 19.0 Å². The van der Waals surface area contributed by atoms with E-state index < -0.39 is 0 Å². The molecule has 8 nitrogen and oxygen atoms in total. The zero-order valence-electron chi connectivity index (χ0n) is 19.6. The molecule has 0 spiro atoms. The average molecular weight is 491 g/mol. The van der Waals surface area contributed by atoms with Crippen LogP contribution in [0.25, 0.3) is 11.3 Å². The normalized spacial score (nSPS) is 13.6. The van der Waals surface area contributed by atoms with Crippen LogP contribution in [0.15, 0.2) is 58.4 Å². The van der Waals surface area contributed by atoms with Crippen molar-refractivity contribution in [3.05, 3.63) is 76.5 Å². The maximum Gasteiger partial charge on any atom is 0.255 e. The minimum absolute atomic E-state index is 0.182. The highest BCUT2D eigenvalue weighted by Crippen LogP contribution is 2.29. The zero-order valence-corrected chi connectivity index (χ0v) is 20.4. The van der Waals surface area contributed by atoms with Gasteiger partial charge in [-0.2, -0.15) is 0 Å². The van der Waals surface area contributed by atoms with Crippen LogP contribution in [-0.4, -0.2) is 42.4 Å². The van der Waals surface area contributed by atoms with Crippen LogP contribution < -0.4 is 15.0 Å². The highest BCUT2D eigenvalue weighted by atomic mass is 32.1. The first kappa shape index (κ1) is 23.1. The summed E-state index contributed by atoms with van der Waals surface area (Å²) in [6.45, 7) is 7.32. The van der Waals surface area contributed by atoms with Gasteiger partial charge >= 0.3 is 0 Å². The number of ether oxygens (including phenoxy) is 2. The van der Waals surface area contributed by atoms with E-state index in [0.29, 0.717) is 17.9 Å². The van der Waals surface area contributed by atoms with Crippen molar-refractivity contribution in [1.29, 1.82) is 0 Å². The van der Waals surface area contributed by atoms with Crippen LogP contribution in [0, 0.1) is 13.8 Å². The Hall–Kier alpha value is -3.69. The molecule has 35 heavy (non-hydrogen) atoms. The Bertz CT molecular complexity index is 1270. The van der Waals surface area contributed by atoms with Gasteiger partial charge in [-0.3, -0.25) is 4.79 Å². The summed E-state index contributed by atoms with van der Waals surface area (Å²) in [6, 6.07) is 14.8. The minimum atomic E-state index is -0.182. The minimum Gasteiger partial charge on any atom is -0.489 e. The molecule has 4 aromatic rings. The first-order valence-electron chi connectivity index (χ1n) is 11.4. The van der Waals surface area contributed by atoms with Gasteiger partial charge in [0.2, 0.25) is 0 Å². The van der Waals surface area contributed by atoms with Crippen molar-refractivity contribution in [2.24, 2.45) is 0 Å². The fraction of sp³-hybridized carbons (Fsp3) is 0.269. The summed E-state index contributed by atoms with van der Waals surface area (Å²) in [5, 5.41) is 9.95. The van der Waals surface area contributed by atoms with Crippen LogP contribution in [0.5, 0.6) is 5.75 Å². The van der Waals surface area contributed by atoms with Crippen LogP contribution in [0.2, 0.25) is 0 Å². The Labute approximate surface area is 207 Å². The van der Waals surface area contributed by atoms with Crippen molar-refractivity contribution in [2.75, 3.05) is 36.5 Å². The number of hydrogen-bond donors (Lipinski definition) is 1. The molecule has 2 aromatic carbocycles. The molecule has 0 radical (unpaired) electrons. The molecule has 0 atom stereocenters. The zero-order chi connectivity index (χ0) is 24.2. The van der Waals surface area contributed by atoms with Gasteiger partial charge in [-0.15, -0.1) is 11.3 Å². The Morgan fingerprint density at radius 3 is 2.51 bits per heavy atom. The topological polar surface area (TPSA) is 89.7 Å². The molecule has 0 unspecified atom stereocenters. The number of benzene rings is 2. The second kappa shape index (κ2) is 10.3. The van der Waals surface area contributed by atoms with Crippen molar-refractivity contribution in [2.45, 2.75) is 20.5 Å². The maximum absolute atomic E-state index is 12.7. The lowest BCUT2D eigenvalue weighted by Crippen LogP contribution is -2.36. The second-order valence-corrected chi connectivity index (χ2v) is 9.10. The molecule has 1 saturated heterocycles. The third-order valence-corrected chi connectivity index (χ3v) is 6.79. The van der Waals surface area contributed by atoms with E-state index in [2.05, 4.69) is 20.8 Å². The number of rotatable bonds is 7. The molecule has 0 aliphatic carbocycles. The Morgan fingerprint density at radius 1 is 1.09 bits per heavy atom. The lowest BCUT2D eigenvalue weighted by atomic mass is 10.1. The number of morpholine rings is 1. The molecule has 5 rings (SSSR count). The summed E-state index contributed by atoms with van der Waals surface area (Å²) >= 11 is 1.64. The number of amides is 1. The Balaban J connectivity index is 1.17. The quantitative estimate of drug-likeness (QED) is 0.386. The summed E-state index contributed by atoms with van der Waals surface area (Å²) in [5.74, 6) is 1.24. The molecule has 9 heteroatoms. The molecular weight excluding hydrogens is 464 g/mol. The summed E-state index contributed by atoms with van der Waals surface area (Å²) in [7, 11) is 0. The van der Waals surface area contributed by atoms with Gasteiger partial charge in [0.15, 0.2) is 5.13 Å². The fourth-order valence-corrected chi connectivity index (χ4v) is 4.68. The molecule has 1 fully saturated rings. The van der Waals surface area contributed by atoms with Crippen molar-refractivity contribution in [3.8, 4) is 17.0 Å². The summed E-state index contributed by atoms with van der Waals surface area (Å²) < 4.78 is 16.4. The number of aryl methyl sites for hydroxylation is 2. The van der Waals surface area contributed by atoms with E-state index in [9.17, 15) is 4.79 Å². The molecular formula is C26H26N4O4S. The monoisotopic (exact) mass is 490 g/mol. The number of aromatic nitrogens is 2. The largest absolute Gasteiger partial charge is 0.489 e. The summed E-state index contributed by atoms with van der Waals surface area (Å²) in [5.41, 5.74) is 4.97. The summed E-state index contributed by atoms with van der Waals surface area (Å²) in [6.07, 6.45) is 0. The van der Waals surface area contributed by atoms with Crippen molar-refractivity contribution < 1.29 is 18.8 Å². The van der Waals surface area contributed by atoms with Gasteiger partial charge < -0.3 is 24.2 Å². The molecule has 1 N–H and O–H groups in total.